The third kappa shape index (κ3) is 1.75. The number of benzene rings is 1. The lowest BCUT2D eigenvalue weighted by atomic mass is 10.1. The molecule has 0 atom stereocenters. The van der Waals surface area contributed by atoms with Crippen LogP contribution in [0.5, 0.6) is 0 Å². The molecule has 3 aromatic rings. The van der Waals surface area contributed by atoms with Crippen molar-refractivity contribution in [2.45, 2.75) is 13.3 Å². The Kier molecular flexibility index (Phi) is 2.72. The Balaban J connectivity index is 2.23. The Labute approximate surface area is 109 Å². The summed E-state index contributed by atoms with van der Waals surface area (Å²) in [7, 11) is 0. The van der Waals surface area contributed by atoms with Crippen molar-refractivity contribution in [2.75, 3.05) is 0 Å². The van der Waals surface area contributed by atoms with Crippen molar-refractivity contribution in [1.82, 2.24) is 19.8 Å². The molecule has 0 N–H and O–H groups in total. The zero-order chi connectivity index (χ0) is 12.5. The molecular weight excluding hydrogens is 248 g/mol. The summed E-state index contributed by atoms with van der Waals surface area (Å²) in [6.07, 6.45) is 0.773. The highest BCUT2D eigenvalue weighted by Gasteiger charge is 2.11. The van der Waals surface area contributed by atoms with Gasteiger partial charge in [0.25, 0.3) is 0 Å². The fraction of sp³-hybridized carbons (Fsp3) is 0.154. The molecule has 0 spiro atoms. The number of fused-ring (bicyclic) bond motifs is 1. The van der Waals surface area contributed by atoms with Gasteiger partial charge in [-0.15, -0.1) is 10.2 Å². The van der Waals surface area contributed by atoms with Crippen LogP contribution in [-0.4, -0.2) is 19.8 Å². The van der Waals surface area contributed by atoms with Gasteiger partial charge in [0, 0.05) is 12.0 Å². The van der Waals surface area contributed by atoms with E-state index in [2.05, 4.69) is 15.3 Å². The predicted molar refractivity (Wildman–Crippen MR) is 70.6 cm³/mol. The largest absolute Gasteiger partial charge is 0.196 e. The first-order valence-electron chi connectivity index (χ1n) is 5.76. The summed E-state index contributed by atoms with van der Waals surface area (Å²) in [6, 6.07) is 11.8. The highest BCUT2D eigenvalue weighted by molar-refractivity contribution is 6.32. The minimum atomic E-state index is 0.461. The molecular formula is C13H11ClN4. The molecule has 0 saturated carbocycles. The molecule has 0 bridgehead atoms. The maximum absolute atomic E-state index is 6.24. The molecule has 0 fully saturated rings. The van der Waals surface area contributed by atoms with E-state index in [1.807, 2.05) is 43.3 Å². The molecule has 0 aliphatic carbocycles. The van der Waals surface area contributed by atoms with Gasteiger partial charge in [0.15, 0.2) is 16.6 Å². The molecule has 1 aromatic carbocycles. The summed E-state index contributed by atoms with van der Waals surface area (Å²) in [5.74, 6) is 0.812. The van der Waals surface area contributed by atoms with Gasteiger partial charge in [-0.05, 0) is 11.6 Å². The Hall–Kier alpha value is -1.94. The molecule has 0 radical (unpaired) electrons. The van der Waals surface area contributed by atoms with Gasteiger partial charge in [0.1, 0.15) is 0 Å². The zero-order valence-corrected chi connectivity index (χ0v) is 10.6. The number of hydrogen-bond donors (Lipinski definition) is 0. The van der Waals surface area contributed by atoms with E-state index >= 15 is 0 Å². The van der Waals surface area contributed by atoms with Crippen LogP contribution in [0.4, 0.5) is 0 Å². The van der Waals surface area contributed by atoms with Crippen molar-refractivity contribution in [3.8, 4) is 11.1 Å². The third-order valence-corrected chi connectivity index (χ3v) is 3.09. The quantitative estimate of drug-likeness (QED) is 0.710. The van der Waals surface area contributed by atoms with E-state index in [0.717, 1.165) is 29.0 Å². The van der Waals surface area contributed by atoms with Crippen LogP contribution < -0.4 is 0 Å². The Morgan fingerprint density at radius 3 is 2.67 bits per heavy atom. The van der Waals surface area contributed by atoms with E-state index in [0.29, 0.717) is 5.15 Å². The summed E-state index contributed by atoms with van der Waals surface area (Å²) >= 11 is 6.24. The molecule has 2 aromatic heterocycles. The van der Waals surface area contributed by atoms with Crippen LogP contribution in [0.2, 0.25) is 5.15 Å². The number of halogens is 1. The van der Waals surface area contributed by atoms with E-state index in [9.17, 15) is 0 Å². The summed E-state index contributed by atoms with van der Waals surface area (Å²) in [5, 5.41) is 13.0. The lowest BCUT2D eigenvalue weighted by molar-refractivity contribution is 0.824. The van der Waals surface area contributed by atoms with E-state index in [-0.39, 0.29) is 0 Å². The molecule has 2 heterocycles. The van der Waals surface area contributed by atoms with Crippen LogP contribution in [0.1, 0.15) is 12.7 Å². The van der Waals surface area contributed by atoms with Crippen molar-refractivity contribution < 1.29 is 0 Å². The normalized spacial score (nSPS) is 11.0. The van der Waals surface area contributed by atoms with Crippen molar-refractivity contribution in [2.24, 2.45) is 0 Å². The molecule has 5 heteroatoms. The first-order chi connectivity index (χ1) is 8.79. The van der Waals surface area contributed by atoms with Crippen LogP contribution in [0.25, 0.3) is 16.8 Å². The van der Waals surface area contributed by atoms with Gasteiger partial charge in [-0.2, -0.15) is 9.61 Å². The fourth-order valence-electron chi connectivity index (χ4n) is 1.90. The van der Waals surface area contributed by atoms with Crippen molar-refractivity contribution in [3.63, 3.8) is 0 Å². The van der Waals surface area contributed by atoms with Gasteiger partial charge in [-0.3, -0.25) is 0 Å². The molecule has 0 saturated heterocycles. The highest BCUT2D eigenvalue weighted by Crippen LogP contribution is 2.26. The Morgan fingerprint density at radius 1 is 1.17 bits per heavy atom. The minimum absolute atomic E-state index is 0.461. The molecule has 3 rings (SSSR count). The van der Waals surface area contributed by atoms with E-state index in [4.69, 9.17) is 11.6 Å². The first-order valence-corrected chi connectivity index (χ1v) is 6.13. The number of hydrogen-bond acceptors (Lipinski definition) is 3. The lowest BCUT2D eigenvalue weighted by Gasteiger charge is -2.04. The van der Waals surface area contributed by atoms with Crippen LogP contribution in [0.3, 0.4) is 0 Å². The summed E-state index contributed by atoms with van der Waals surface area (Å²) in [5.41, 5.74) is 2.62. The lowest BCUT2D eigenvalue weighted by Crippen LogP contribution is -1.99. The Bertz CT molecular complexity index is 691. The monoisotopic (exact) mass is 258 g/mol. The number of nitrogens with zero attached hydrogens (tertiary/aromatic N) is 4. The van der Waals surface area contributed by atoms with Gasteiger partial charge in [0.05, 0.1) is 0 Å². The first kappa shape index (κ1) is 11.2. The third-order valence-electron chi connectivity index (χ3n) is 2.81. The maximum atomic E-state index is 6.24. The summed E-state index contributed by atoms with van der Waals surface area (Å²) in [6.45, 7) is 2.01. The molecule has 0 aliphatic rings. The van der Waals surface area contributed by atoms with Crippen LogP contribution in [0, 0.1) is 0 Å². The van der Waals surface area contributed by atoms with Gasteiger partial charge >= 0.3 is 0 Å². The SMILES string of the molecule is CCc1nnc2cc(-c3ccccc3)c(Cl)nn12. The smallest absolute Gasteiger partial charge is 0.178 e. The second kappa shape index (κ2) is 4.38. The molecule has 0 unspecified atom stereocenters. The highest BCUT2D eigenvalue weighted by atomic mass is 35.5. The molecule has 4 nitrogen and oxygen atoms in total. The van der Waals surface area contributed by atoms with E-state index in [1.54, 1.807) is 4.52 Å². The molecule has 90 valence electrons. The van der Waals surface area contributed by atoms with Gasteiger partial charge in [-0.25, -0.2) is 0 Å². The van der Waals surface area contributed by atoms with Crippen LogP contribution in [-0.2, 0) is 6.42 Å². The minimum Gasteiger partial charge on any atom is -0.196 e. The maximum Gasteiger partial charge on any atom is 0.178 e. The second-order valence-electron chi connectivity index (χ2n) is 3.95. The standard InChI is InChI=1S/C13H11ClN4/c1-2-11-15-16-12-8-10(13(14)17-18(11)12)9-6-4-3-5-7-9/h3-8H,2H2,1H3. The van der Waals surface area contributed by atoms with Crippen molar-refractivity contribution in [3.05, 3.63) is 47.4 Å². The van der Waals surface area contributed by atoms with Crippen LogP contribution >= 0.6 is 11.6 Å². The Morgan fingerprint density at radius 2 is 1.94 bits per heavy atom. The average molecular weight is 259 g/mol. The zero-order valence-electron chi connectivity index (χ0n) is 9.84. The van der Waals surface area contributed by atoms with Crippen LogP contribution in [0.15, 0.2) is 36.4 Å². The number of aryl methyl sites for hydroxylation is 1. The number of aromatic nitrogens is 4. The topological polar surface area (TPSA) is 43.1 Å². The predicted octanol–water partition coefficient (Wildman–Crippen LogP) is 3.01. The summed E-state index contributed by atoms with van der Waals surface area (Å²) in [4.78, 5) is 0. The molecule has 0 amide bonds. The van der Waals surface area contributed by atoms with Gasteiger partial charge < -0.3 is 0 Å². The fourth-order valence-corrected chi connectivity index (χ4v) is 2.14. The number of rotatable bonds is 2. The van der Waals surface area contributed by atoms with Crippen molar-refractivity contribution >= 4 is 17.2 Å². The van der Waals surface area contributed by atoms with E-state index < -0.39 is 0 Å². The molecule has 0 aliphatic heterocycles. The average Bonchev–Trinajstić information content (AvgIpc) is 2.80. The van der Waals surface area contributed by atoms with Gasteiger partial charge in [0.2, 0.25) is 0 Å². The van der Waals surface area contributed by atoms with E-state index in [1.165, 1.54) is 0 Å². The second-order valence-corrected chi connectivity index (χ2v) is 4.31. The van der Waals surface area contributed by atoms with Gasteiger partial charge in [-0.1, -0.05) is 48.9 Å². The molecule has 18 heavy (non-hydrogen) atoms. The summed E-state index contributed by atoms with van der Waals surface area (Å²) < 4.78 is 1.69. The van der Waals surface area contributed by atoms with Crippen molar-refractivity contribution in [1.29, 1.82) is 0 Å².